The lowest BCUT2D eigenvalue weighted by molar-refractivity contribution is -0.121. The van der Waals surface area contributed by atoms with Crippen LogP contribution in [-0.4, -0.2) is 74.5 Å². The zero-order chi connectivity index (χ0) is 19.9. The number of alkyl halides is 1. The number of halogens is 1. The lowest BCUT2D eigenvalue weighted by Crippen LogP contribution is -2.59. The molecule has 0 radical (unpaired) electrons. The van der Waals surface area contributed by atoms with E-state index in [-0.39, 0.29) is 17.9 Å². The molecule has 0 aromatic rings. The highest BCUT2D eigenvalue weighted by Gasteiger charge is 2.53. The van der Waals surface area contributed by atoms with Gasteiger partial charge in [-0.2, -0.15) is 12.7 Å². The minimum Gasteiger partial charge on any atom is -0.391 e. The van der Waals surface area contributed by atoms with Gasteiger partial charge >= 0.3 is 10.2 Å². The van der Waals surface area contributed by atoms with Crippen LogP contribution in [0.2, 0.25) is 0 Å². The third kappa shape index (κ3) is 4.07. The van der Waals surface area contributed by atoms with E-state index in [2.05, 4.69) is 0 Å². The van der Waals surface area contributed by atoms with Gasteiger partial charge < -0.3 is 14.6 Å². The fourth-order valence-corrected chi connectivity index (χ4v) is 6.60. The van der Waals surface area contributed by atoms with E-state index < -0.39 is 41.0 Å². The Morgan fingerprint density at radius 2 is 2.11 bits per heavy atom. The summed E-state index contributed by atoms with van der Waals surface area (Å²) in [6.07, 6.45) is 1.84. The quantitative estimate of drug-likeness (QED) is 0.681. The monoisotopic (exact) mass is 420 g/mol. The summed E-state index contributed by atoms with van der Waals surface area (Å²) in [5.74, 6) is -0.685. The number of ether oxygens (including phenoxy) is 2. The van der Waals surface area contributed by atoms with Crippen molar-refractivity contribution in [2.45, 2.75) is 62.9 Å². The molecular formula is C18H29FN2O6S. The Kier molecular flexibility index (Phi) is 5.95. The molecule has 2 saturated heterocycles. The molecule has 4 aliphatic rings. The zero-order valence-corrected chi connectivity index (χ0v) is 16.7. The number of nitrogens with one attached hydrogen (secondary N) is 1. The maximum atomic E-state index is 15.4. The number of nitrogens with zero attached hydrogens (tertiary/aromatic N) is 1. The molecule has 7 unspecified atom stereocenters. The summed E-state index contributed by atoms with van der Waals surface area (Å²) < 4.78 is 53.9. The van der Waals surface area contributed by atoms with Gasteiger partial charge in [0.15, 0.2) is 0 Å². The van der Waals surface area contributed by atoms with Gasteiger partial charge in [0.05, 0.1) is 38.0 Å². The van der Waals surface area contributed by atoms with Crippen LogP contribution in [0.3, 0.4) is 0 Å². The van der Waals surface area contributed by atoms with Gasteiger partial charge in [-0.1, -0.05) is 0 Å². The van der Waals surface area contributed by atoms with E-state index in [1.807, 2.05) is 4.72 Å². The molecule has 160 valence electrons. The largest absolute Gasteiger partial charge is 0.391 e. The fourth-order valence-electron chi connectivity index (χ4n) is 5.27. The number of hydrogen-bond acceptors (Lipinski definition) is 6. The fraction of sp³-hybridized carbons (Fsp3) is 0.944. The van der Waals surface area contributed by atoms with Crippen LogP contribution in [-0.2, 0) is 24.5 Å². The van der Waals surface area contributed by atoms with E-state index >= 15 is 4.39 Å². The Hall–Kier alpha value is -0.810. The van der Waals surface area contributed by atoms with E-state index in [0.29, 0.717) is 32.0 Å². The number of fused-ring (bicyclic) bond motifs is 1. The molecule has 4 fully saturated rings. The second kappa shape index (κ2) is 8.14. The molecule has 4 rings (SSSR count). The topological polar surface area (TPSA) is 105 Å². The van der Waals surface area contributed by atoms with Crippen molar-refractivity contribution in [3.63, 3.8) is 0 Å². The van der Waals surface area contributed by atoms with Crippen molar-refractivity contribution in [2.24, 2.45) is 17.8 Å². The van der Waals surface area contributed by atoms with Crippen LogP contribution < -0.4 is 4.72 Å². The van der Waals surface area contributed by atoms with Gasteiger partial charge in [-0.3, -0.25) is 4.79 Å². The van der Waals surface area contributed by atoms with Gasteiger partial charge in [0, 0.05) is 12.5 Å². The van der Waals surface area contributed by atoms with Crippen molar-refractivity contribution in [1.82, 2.24) is 9.03 Å². The molecule has 2 N–H and O–H groups in total. The molecule has 0 aromatic carbocycles. The molecule has 28 heavy (non-hydrogen) atoms. The Morgan fingerprint density at radius 1 is 1.29 bits per heavy atom. The minimum atomic E-state index is -4.09. The van der Waals surface area contributed by atoms with E-state index in [9.17, 15) is 18.3 Å². The normalized spacial score (nSPS) is 44.1. The number of hydrogen-bond donors (Lipinski definition) is 2. The number of amides is 1. The van der Waals surface area contributed by atoms with E-state index in [1.54, 1.807) is 0 Å². The first kappa shape index (κ1) is 20.5. The first-order chi connectivity index (χ1) is 13.3. The van der Waals surface area contributed by atoms with Crippen molar-refractivity contribution in [3.8, 4) is 0 Å². The average molecular weight is 421 g/mol. The molecule has 1 amide bonds. The molecule has 10 heteroatoms. The maximum absolute atomic E-state index is 15.4. The number of aliphatic hydroxyl groups excluding tert-OH is 1. The van der Waals surface area contributed by atoms with Crippen LogP contribution in [0.15, 0.2) is 0 Å². The molecule has 2 heterocycles. The highest BCUT2D eigenvalue weighted by molar-refractivity contribution is 7.88. The van der Waals surface area contributed by atoms with Gasteiger partial charge in [-0.15, -0.1) is 0 Å². The van der Waals surface area contributed by atoms with Crippen LogP contribution in [0.1, 0.15) is 38.5 Å². The van der Waals surface area contributed by atoms with Crippen molar-refractivity contribution < 1.29 is 32.2 Å². The predicted molar refractivity (Wildman–Crippen MR) is 97.2 cm³/mol. The summed E-state index contributed by atoms with van der Waals surface area (Å²) in [6, 6.07) is -1.23. The van der Waals surface area contributed by atoms with Crippen LogP contribution in [0, 0.1) is 17.8 Å². The third-order valence-corrected chi connectivity index (χ3v) is 8.16. The van der Waals surface area contributed by atoms with Gasteiger partial charge in [-0.25, -0.2) is 9.11 Å². The Morgan fingerprint density at radius 3 is 2.79 bits per heavy atom. The molecule has 2 aliphatic heterocycles. The molecule has 2 aliphatic carbocycles. The number of rotatable bonds is 4. The lowest BCUT2D eigenvalue weighted by Gasteiger charge is -2.47. The van der Waals surface area contributed by atoms with E-state index in [4.69, 9.17) is 9.47 Å². The molecular weight excluding hydrogens is 391 g/mol. The molecule has 0 aromatic heterocycles. The SMILES string of the molecule is O=C1CN(C2C(O)CC3CCC(OCC4CCCOC4)CC3C2F)S(=O)(=O)N1. The van der Waals surface area contributed by atoms with E-state index in [0.717, 1.165) is 36.6 Å². The zero-order valence-electron chi connectivity index (χ0n) is 15.8. The van der Waals surface area contributed by atoms with Crippen LogP contribution in [0.4, 0.5) is 4.39 Å². The summed E-state index contributed by atoms with van der Waals surface area (Å²) in [4.78, 5) is 11.5. The van der Waals surface area contributed by atoms with Gasteiger partial charge in [0.1, 0.15) is 6.17 Å². The second-order valence-electron chi connectivity index (χ2n) is 8.59. The van der Waals surface area contributed by atoms with E-state index in [1.165, 1.54) is 0 Å². The van der Waals surface area contributed by atoms with Crippen molar-refractivity contribution in [3.05, 3.63) is 0 Å². The smallest absolute Gasteiger partial charge is 0.304 e. The standard InChI is InChI=1S/C18H29FN2O6S/c19-17-14-7-13(27-10-11-2-1-5-26-9-11)4-3-12(14)6-15(22)18(17)21-8-16(23)20-28(21,24)25/h11-15,17-18,22H,1-10H2,(H,20,23). The number of carbonyl (C=O) groups is 1. The van der Waals surface area contributed by atoms with Crippen LogP contribution >= 0.6 is 0 Å². The van der Waals surface area contributed by atoms with Gasteiger partial charge in [0.2, 0.25) is 5.91 Å². The molecule has 8 nitrogen and oxygen atoms in total. The van der Waals surface area contributed by atoms with Crippen molar-refractivity contribution in [1.29, 1.82) is 0 Å². The van der Waals surface area contributed by atoms with Crippen LogP contribution in [0.5, 0.6) is 0 Å². The summed E-state index contributed by atoms with van der Waals surface area (Å²) in [7, 11) is -4.09. The number of aliphatic hydroxyl groups is 1. The average Bonchev–Trinajstić information content (AvgIpc) is 2.93. The second-order valence-corrected chi connectivity index (χ2v) is 10.2. The minimum absolute atomic E-state index is 0.00748. The van der Waals surface area contributed by atoms with Crippen molar-refractivity contribution >= 4 is 16.1 Å². The molecule has 2 saturated carbocycles. The summed E-state index contributed by atoms with van der Waals surface area (Å²) in [5.41, 5.74) is 0. The van der Waals surface area contributed by atoms with Gasteiger partial charge in [0.25, 0.3) is 0 Å². The first-order valence-electron chi connectivity index (χ1n) is 10.2. The Bertz CT molecular complexity index is 686. The summed E-state index contributed by atoms with van der Waals surface area (Å²) >= 11 is 0. The highest BCUT2D eigenvalue weighted by Crippen LogP contribution is 2.45. The number of carbonyl (C=O) groups excluding carboxylic acids is 1. The van der Waals surface area contributed by atoms with Crippen molar-refractivity contribution in [2.75, 3.05) is 26.4 Å². The highest BCUT2D eigenvalue weighted by atomic mass is 32.2. The lowest BCUT2D eigenvalue weighted by atomic mass is 9.66. The third-order valence-electron chi connectivity index (χ3n) is 6.68. The predicted octanol–water partition coefficient (Wildman–Crippen LogP) is 0.362. The Balaban J connectivity index is 1.40. The summed E-state index contributed by atoms with van der Waals surface area (Å²) in [6.45, 7) is 1.66. The molecule has 7 atom stereocenters. The maximum Gasteiger partial charge on any atom is 0.304 e. The van der Waals surface area contributed by atoms with Crippen LogP contribution in [0.25, 0.3) is 0 Å². The first-order valence-corrected chi connectivity index (χ1v) is 11.6. The molecule has 0 spiro atoms. The van der Waals surface area contributed by atoms with Gasteiger partial charge in [-0.05, 0) is 50.4 Å². The summed E-state index contributed by atoms with van der Waals surface area (Å²) in [5, 5.41) is 10.5. The molecule has 0 bridgehead atoms. The Labute approximate surface area is 164 Å².